The Balaban J connectivity index is 1.27. The van der Waals surface area contributed by atoms with Crippen molar-refractivity contribution < 1.29 is 6.51 Å². The Morgan fingerprint density at radius 1 is 0.619 bits per heavy atom. The second-order valence-electron chi connectivity index (χ2n) is 13.0. The van der Waals surface area contributed by atoms with Gasteiger partial charge >= 0.3 is 119 Å². The van der Waals surface area contributed by atoms with Gasteiger partial charge in [0.1, 0.15) is 0 Å². The van der Waals surface area contributed by atoms with E-state index in [4.69, 9.17) is 0 Å². The van der Waals surface area contributed by atoms with E-state index in [0.717, 1.165) is 0 Å². The summed E-state index contributed by atoms with van der Waals surface area (Å²) in [5.74, 6) is 0. The van der Waals surface area contributed by atoms with Crippen molar-refractivity contribution in [1.29, 1.82) is 0 Å². The number of hydrogen-bond donors (Lipinski definition) is 0. The number of unbranched alkanes of at least 4 members (excludes halogenated alkanes) is 4. The molecule has 1 heteroatoms. The second kappa shape index (κ2) is 0.976. The summed E-state index contributed by atoms with van der Waals surface area (Å²) in [5, 5.41) is 0. The standard InChI is InChI=1S/C15H25.C5H5.Fe/c1-3-5-7-10-14-12-9-13-15(14)11-8-6-4-2;1-2-4-5-3-1;/h9,12-13H,3-8,10-11H2,1-2H3;1-5H;. The fourth-order valence-electron chi connectivity index (χ4n) is 20.2. The molecule has 10 aliphatic rings. The molecule has 0 nitrogen and oxygen atoms in total. The molecule has 0 aromatic carbocycles. The van der Waals surface area contributed by atoms with Gasteiger partial charge in [0.15, 0.2) is 0 Å². The van der Waals surface area contributed by atoms with Gasteiger partial charge in [0, 0.05) is 0 Å². The maximum absolute atomic E-state index is 2.89. The van der Waals surface area contributed by atoms with E-state index in [1.807, 2.05) is 0 Å². The van der Waals surface area contributed by atoms with Crippen molar-refractivity contribution >= 4 is 0 Å². The molecule has 0 aromatic heterocycles. The van der Waals surface area contributed by atoms with Gasteiger partial charge in [-0.15, -0.1) is 0 Å². The summed E-state index contributed by atoms with van der Waals surface area (Å²) in [6.45, 7) is 1.93. The molecule has 1 spiro atoms. The van der Waals surface area contributed by atoms with Gasteiger partial charge in [-0.2, -0.15) is 0 Å². The Labute approximate surface area is 119 Å². The van der Waals surface area contributed by atoms with Crippen LogP contribution in [0.15, 0.2) is 0 Å². The molecule has 0 saturated carbocycles. The van der Waals surface area contributed by atoms with Crippen LogP contribution in [0.3, 0.4) is 0 Å². The quantitative estimate of drug-likeness (QED) is 0.325. The van der Waals surface area contributed by atoms with E-state index in [2.05, 4.69) is 13.8 Å². The van der Waals surface area contributed by atoms with E-state index in [0.29, 0.717) is 0 Å². The summed E-state index contributed by atoms with van der Waals surface area (Å²) in [5.41, 5.74) is 0. The third-order valence-corrected chi connectivity index (χ3v) is 61.9. The molecular weight excluding hydrogens is 296 g/mol. The molecule has 4 atom stereocenters. The van der Waals surface area contributed by atoms with Crippen LogP contribution in [0.4, 0.5) is 0 Å². The fourth-order valence-corrected chi connectivity index (χ4v) is 98.6. The van der Waals surface area contributed by atoms with Gasteiger partial charge in [-0.1, -0.05) is 0 Å². The van der Waals surface area contributed by atoms with Gasteiger partial charge < -0.3 is 0 Å². The van der Waals surface area contributed by atoms with Crippen LogP contribution < -0.4 is 0 Å². The summed E-state index contributed by atoms with van der Waals surface area (Å²) in [7, 11) is 0. The summed E-state index contributed by atoms with van der Waals surface area (Å²) in [4.78, 5) is 12.3. The van der Waals surface area contributed by atoms with Crippen molar-refractivity contribution in [3.05, 3.63) is 0 Å². The van der Waals surface area contributed by atoms with Crippen molar-refractivity contribution in [2.45, 2.75) is 112 Å². The van der Waals surface area contributed by atoms with Crippen molar-refractivity contribution in [2.75, 3.05) is 0 Å². The number of rotatable bonds is 8. The molecule has 10 heterocycles. The Morgan fingerprint density at radius 3 is 1.33 bits per heavy atom. The van der Waals surface area contributed by atoms with Gasteiger partial charge in [-0.25, -0.2) is 0 Å². The molecule has 10 rings (SSSR count). The first kappa shape index (κ1) is 9.73. The predicted octanol–water partition coefficient (Wildman–Crippen LogP) is 7.28. The van der Waals surface area contributed by atoms with Gasteiger partial charge in [0.2, 0.25) is 0 Å². The summed E-state index contributed by atoms with van der Waals surface area (Å²) in [6, 6.07) is 0. The van der Waals surface area contributed by atoms with Gasteiger partial charge in [-0.3, -0.25) is 0 Å². The molecule has 118 valence electrons. The Bertz CT molecular complexity index is 933. The SMILES string of the molecule is CCCCC[C]12[CH]3[CH]4[CH]5[C]1(CCCCC)[Fe]43521678[CH]2[CH]1[CH]6[CH]7[CH]28. The molecule has 0 aromatic rings. The molecule has 10 aliphatic heterocycles. The Morgan fingerprint density at radius 2 is 1.05 bits per heavy atom. The minimum atomic E-state index is -2.89. The van der Waals surface area contributed by atoms with Crippen molar-refractivity contribution in [2.24, 2.45) is 0 Å². The number of fused-ring (bicyclic) bond motifs is 10. The van der Waals surface area contributed by atoms with Crippen LogP contribution in [0.2, 0.25) is 47.2 Å². The average molecular weight is 326 g/mol. The predicted molar refractivity (Wildman–Crippen MR) is 83.7 cm³/mol. The van der Waals surface area contributed by atoms with Crippen LogP contribution in [0.25, 0.3) is 0 Å². The third-order valence-electron chi connectivity index (χ3n) is 17.8. The molecule has 10 fully saturated rings. The molecular formula is C20H30Fe. The second-order valence-corrected chi connectivity index (χ2v) is 36.4. The van der Waals surface area contributed by atoms with Crippen LogP contribution in [-0.4, -0.2) is 0 Å². The third kappa shape index (κ3) is 0.123. The van der Waals surface area contributed by atoms with Gasteiger partial charge in [0.05, 0.1) is 0 Å². The van der Waals surface area contributed by atoms with Crippen molar-refractivity contribution in [1.82, 2.24) is 0 Å². The zero-order chi connectivity index (χ0) is 13.6. The van der Waals surface area contributed by atoms with Crippen LogP contribution in [-0.2, 0) is 6.51 Å². The zero-order valence-corrected chi connectivity index (χ0v) is 14.7. The summed E-state index contributed by atoms with van der Waals surface area (Å²) in [6.07, 6.45) is 12.9. The molecule has 4 unspecified atom stereocenters. The first-order chi connectivity index (χ1) is 10.1. The van der Waals surface area contributed by atoms with Crippen LogP contribution in [0.5, 0.6) is 0 Å². The molecule has 0 bridgehead atoms. The molecule has 0 aliphatic carbocycles. The maximum atomic E-state index is 2.41. The van der Waals surface area contributed by atoms with Crippen LogP contribution >= 0.6 is 0 Å². The Hall–Kier alpha value is 0.519. The first-order valence-corrected chi connectivity index (χ1v) is 16.5. The molecule has 0 amide bonds. The van der Waals surface area contributed by atoms with E-state index in [1.54, 1.807) is 38.5 Å². The monoisotopic (exact) mass is 326 g/mol. The first-order valence-electron chi connectivity index (χ1n) is 10.3. The fraction of sp³-hybridized carbons (Fsp3) is 1.00. The van der Waals surface area contributed by atoms with E-state index in [-0.39, 0.29) is 0 Å². The summed E-state index contributed by atoms with van der Waals surface area (Å²) >= 11 is 0. The van der Waals surface area contributed by atoms with Crippen molar-refractivity contribution in [3.63, 3.8) is 0 Å². The van der Waals surface area contributed by atoms with Crippen molar-refractivity contribution in [3.8, 4) is 0 Å². The van der Waals surface area contributed by atoms with Crippen LogP contribution in [0, 0.1) is 0 Å². The molecule has 0 N–H and O–H groups in total. The van der Waals surface area contributed by atoms with Crippen LogP contribution in [0.1, 0.15) is 65.2 Å². The average Bonchev–Trinajstić information content (AvgIpc) is 3.43. The Kier molecular flexibility index (Phi) is 0.452. The van der Waals surface area contributed by atoms with E-state index < -0.39 is 6.51 Å². The molecule has 21 heavy (non-hydrogen) atoms. The normalized spacial score (nSPS) is 102. The van der Waals surface area contributed by atoms with Gasteiger partial charge in [0.25, 0.3) is 0 Å². The molecule has 0 radical (unpaired) electrons. The zero-order valence-electron chi connectivity index (χ0n) is 13.6. The van der Waals surface area contributed by atoms with Gasteiger partial charge in [-0.05, 0) is 0 Å². The molecule has 10 saturated heterocycles. The minimum absolute atomic E-state index is 1.19. The van der Waals surface area contributed by atoms with E-state index in [1.165, 1.54) is 60.0 Å². The summed E-state index contributed by atoms with van der Waals surface area (Å²) < 4.78 is 2.38. The van der Waals surface area contributed by atoms with E-state index >= 15 is 0 Å². The van der Waals surface area contributed by atoms with E-state index in [9.17, 15) is 0 Å². The number of hydrogen-bond acceptors (Lipinski definition) is 0. The topological polar surface area (TPSA) is 0 Å².